The lowest BCUT2D eigenvalue weighted by atomic mass is 9.78. The Morgan fingerprint density at radius 3 is 3.05 bits per heavy atom. The molecule has 1 aromatic rings. The number of esters is 1. The molecule has 3 rings (SSSR count). The number of ether oxygens (including phenoxy) is 1. The Labute approximate surface area is 124 Å². The van der Waals surface area contributed by atoms with Gasteiger partial charge < -0.3 is 10.1 Å². The number of halogens is 1. The van der Waals surface area contributed by atoms with Crippen LogP contribution in [0.4, 0.5) is 5.69 Å². The molecule has 3 atom stereocenters. The van der Waals surface area contributed by atoms with Crippen LogP contribution in [-0.2, 0) is 9.53 Å². The zero-order valence-electron chi connectivity index (χ0n) is 11.7. The third kappa shape index (κ3) is 2.01. The Bertz CT molecular complexity index is 582. The fourth-order valence-electron chi connectivity index (χ4n) is 3.25. The highest BCUT2D eigenvalue weighted by Crippen LogP contribution is 2.46. The van der Waals surface area contributed by atoms with E-state index >= 15 is 0 Å². The molecule has 0 aromatic heterocycles. The van der Waals surface area contributed by atoms with Crippen molar-refractivity contribution in [3.8, 4) is 0 Å². The molecule has 0 saturated heterocycles. The first-order valence-corrected chi connectivity index (χ1v) is 7.40. The van der Waals surface area contributed by atoms with Crippen LogP contribution in [0.1, 0.15) is 30.4 Å². The molecule has 4 heteroatoms. The standard InChI is InChI=1S/C16H18ClNO2/c1-3-20-16(19)15-11-6-4-5-10(11)12-7-8-13(17)9(2)14(12)18-15/h4-5,7-8,10-11,15,18H,3,6H2,1-2H3/t10-,11+,15-/m0/s1. The smallest absolute Gasteiger partial charge is 0.328 e. The fourth-order valence-corrected chi connectivity index (χ4v) is 3.41. The van der Waals surface area contributed by atoms with Crippen molar-refractivity contribution in [2.24, 2.45) is 5.92 Å². The van der Waals surface area contributed by atoms with Crippen LogP contribution in [0, 0.1) is 12.8 Å². The largest absolute Gasteiger partial charge is 0.464 e. The van der Waals surface area contributed by atoms with Gasteiger partial charge in [0.2, 0.25) is 0 Å². The molecule has 1 aliphatic heterocycles. The number of benzene rings is 1. The van der Waals surface area contributed by atoms with Gasteiger partial charge in [0.1, 0.15) is 6.04 Å². The highest BCUT2D eigenvalue weighted by Gasteiger charge is 2.42. The second-order valence-corrected chi connectivity index (χ2v) is 5.77. The summed E-state index contributed by atoms with van der Waals surface area (Å²) in [6.07, 6.45) is 5.26. The molecule has 0 spiro atoms. The zero-order chi connectivity index (χ0) is 14.3. The summed E-state index contributed by atoms with van der Waals surface area (Å²) in [7, 11) is 0. The minimum Gasteiger partial charge on any atom is -0.464 e. The minimum absolute atomic E-state index is 0.170. The van der Waals surface area contributed by atoms with Crippen LogP contribution in [0.25, 0.3) is 0 Å². The van der Waals surface area contributed by atoms with Crippen molar-refractivity contribution in [2.75, 3.05) is 11.9 Å². The molecule has 0 unspecified atom stereocenters. The molecule has 106 valence electrons. The van der Waals surface area contributed by atoms with E-state index in [0.717, 1.165) is 22.7 Å². The predicted octanol–water partition coefficient (Wildman–Crippen LogP) is 3.67. The van der Waals surface area contributed by atoms with Crippen LogP contribution in [0.15, 0.2) is 24.3 Å². The minimum atomic E-state index is -0.292. The number of hydrogen-bond acceptors (Lipinski definition) is 3. The van der Waals surface area contributed by atoms with Gasteiger partial charge in [-0.1, -0.05) is 29.8 Å². The van der Waals surface area contributed by atoms with E-state index in [1.165, 1.54) is 5.56 Å². The Morgan fingerprint density at radius 2 is 2.30 bits per heavy atom. The van der Waals surface area contributed by atoms with Crippen molar-refractivity contribution in [3.63, 3.8) is 0 Å². The number of rotatable bonds is 2. The molecule has 2 aliphatic rings. The van der Waals surface area contributed by atoms with Gasteiger partial charge in [-0.15, -0.1) is 0 Å². The van der Waals surface area contributed by atoms with E-state index in [0.29, 0.717) is 6.61 Å². The fraction of sp³-hybridized carbons (Fsp3) is 0.438. The van der Waals surface area contributed by atoms with E-state index in [1.54, 1.807) is 0 Å². The van der Waals surface area contributed by atoms with Crippen LogP contribution in [0.2, 0.25) is 5.02 Å². The SMILES string of the molecule is CCOC(=O)[C@H]1Nc2c(ccc(Cl)c2C)[C@H]2C=CC[C@@H]12. The number of nitrogens with one attached hydrogen (secondary N) is 1. The van der Waals surface area contributed by atoms with Crippen molar-refractivity contribution in [2.45, 2.75) is 32.2 Å². The number of carbonyl (C=O) groups excluding carboxylic acids is 1. The van der Waals surface area contributed by atoms with Crippen molar-refractivity contribution in [1.82, 2.24) is 0 Å². The molecule has 1 heterocycles. The zero-order valence-corrected chi connectivity index (χ0v) is 12.4. The monoisotopic (exact) mass is 291 g/mol. The lowest BCUT2D eigenvalue weighted by molar-refractivity contribution is -0.145. The summed E-state index contributed by atoms with van der Waals surface area (Å²) in [6.45, 7) is 4.22. The van der Waals surface area contributed by atoms with Crippen LogP contribution < -0.4 is 5.32 Å². The van der Waals surface area contributed by atoms with Gasteiger partial charge in [0.15, 0.2) is 0 Å². The number of carbonyl (C=O) groups is 1. The van der Waals surface area contributed by atoms with Gasteiger partial charge >= 0.3 is 5.97 Å². The molecule has 0 radical (unpaired) electrons. The Kier molecular flexibility index (Phi) is 3.47. The summed E-state index contributed by atoms with van der Waals surface area (Å²) in [5.41, 5.74) is 3.21. The summed E-state index contributed by atoms with van der Waals surface area (Å²) < 4.78 is 5.21. The molecule has 0 fully saturated rings. The first-order valence-electron chi connectivity index (χ1n) is 7.02. The highest BCUT2D eigenvalue weighted by atomic mass is 35.5. The van der Waals surface area contributed by atoms with Crippen molar-refractivity contribution in [1.29, 1.82) is 0 Å². The van der Waals surface area contributed by atoms with E-state index < -0.39 is 0 Å². The summed E-state index contributed by atoms with van der Waals surface area (Å²) in [6, 6.07) is 3.71. The van der Waals surface area contributed by atoms with Gasteiger partial charge in [0.05, 0.1) is 6.61 Å². The number of hydrogen-bond donors (Lipinski definition) is 1. The summed E-state index contributed by atoms with van der Waals surface area (Å²) in [5, 5.41) is 4.08. The molecule has 20 heavy (non-hydrogen) atoms. The normalized spacial score (nSPS) is 26.6. The van der Waals surface area contributed by atoms with Gasteiger partial charge in [-0.05, 0) is 37.5 Å². The maximum atomic E-state index is 12.2. The molecule has 0 bridgehead atoms. The van der Waals surface area contributed by atoms with Gasteiger partial charge in [-0.2, -0.15) is 0 Å². The second-order valence-electron chi connectivity index (χ2n) is 5.36. The average molecular weight is 292 g/mol. The topological polar surface area (TPSA) is 38.3 Å². The molecule has 1 aromatic carbocycles. The van der Waals surface area contributed by atoms with E-state index in [4.69, 9.17) is 16.3 Å². The van der Waals surface area contributed by atoms with Gasteiger partial charge in [0.25, 0.3) is 0 Å². The van der Waals surface area contributed by atoms with Crippen molar-refractivity contribution >= 4 is 23.3 Å². The summed E-state index contributed by atoms with van der Waals surface area (Å²) in [5.74, 6) is 0.343. The van der Waals surface area contributed by atoms with E-state index in [-0.39, 0.29) is 23.8 Å². The number of allylic oxidation sites excluding steroid dienone is 2. The first kappa shape index (κ1) is 13.5. The lowest BCUT2D eigenvalue weighted by Crippen LogP contribution is -2.43. The lowest BCUT2D eigenvalue weighted by Gasteiger charge is -2.36. The molecule has 3 nitrogen and oxygen atoms in total. The Hall–Kier alpha value is -1.48. The predicted molar refractivity (Wildman–Crippen MR) is 80.2 cm³/mol. The number of fused-ring (bicyclic) bond motifs is 3. The quantitative estimate of drug-likeness (QED) is 0.667. The van der Waals surface area contributed by atoms with Crippen LogP contribution in [-0.4, -0.2) is 18.6 Å². The van der Waals surface area contributed by atoms with Crippen molar-refractivity contribution in [3.05, 3.63) is 40.4 Å². The Morgan fingerprint density at radius 1 is 1.50 bits per heavy atom. The van der Waals surface area contributed by atoms with E-state index in [1.807, 2.05) is 19.9 Å². The third-order valence-electron chi connectivity index (χ3n) is 4.27. The Balaban J connectivity index is 2.03. The summed E-state index contributed by atoms with van der Waals surface area (Å²) >= 11 is 6.20. The van der Waals surface area contributed by atoms with Crippen molar-refractivity contribution < 1.29 is 9.53 Å². The highest BCUT2D eigenvalue weighted by molar-refractivity contribution is 6.31. The maximum Gasteiger partial charge on any atom is 0.328 e. The molecule has 0 saturated carbocycles. The molecule has 1 N–H and O–H groups in total. The maximum absolute atomic E-state index is 12.2. The third-order valence-corrected chi connectivity index (χ3v) is 4.68. The first-order chi connectivity index (χ1) is 9.63. The van der Waals surface area contributed by atoms with Crippen LogP contribution >= 0.6 is 11.6 Å². The van der Waals surface area contributed by atoms with E-state index in [9.17, 15) is 4.79 Å². The van der Waals surface area contributed by atoms with Crippen LogP contribution in [0.5, 0.6) is 0 Å². The molecule has 1 aliphatic carbocycles. The van der Waals surface area contributed by atoms with Gasteiger partial charge in [0, 0.05) is 22.5 Å². The average Bonchev–Trinajstić information content (AvgIpc) is 2.91. The molecule has 0 amide bonds. The van der Waals surface area contributed by atoms with Crippen LogP contribution in [0.3, 0.4) is 0 Å². The molecular weight excluding hydrogens is 274 g/mol. The van der Waals surface area contributed by atoms with E-state index in [2.05, 4.69) is 23.5 Å². The second kappa shape index (κ2) is 5.13. The number of anilines is 1. The van der Waals surface area contributed by atoms with Gasteiger partial charge in [-0.3, -0.25) is 0 Å². The molecular formula is C16H18ClNO2. The summed E-state index contributed by atoms with van der Waals surface area (Å²) in [4.78, 5) is 12.2. The van der Waals surface area contributed by atoms with Gasteiger partial charge in [-0.25, -0.2) is 4.79 Å².